The SMILES string of the molecule is CC1(C)COc2c(nn(-c3ccccc3Cl)c2-c2ccc(Cl)cc2)C(=O)N1CC(F)(F)F. The van der Waals surface area contributed by atoms with Gasteiger partial charge in [0.2, 0.25) is 0 Å². The van der Waals surface area contributed by atoms with Crippen LogP contribution in [0.4, 0.5) is 13.2 Å². The average molecular weight is 484 g/mol. The van der Waals surface area contributed by atoms with Crippen LogP contribution >= 0.6 is 23.2 Å². The van der Waals surface area contributed by atoms with Gasteiger partial charge in [0, 0.05) is 10.6 Å². The fourth-order valence-corrected chi connectivity index (χ4v) is 3.88. The third kappa shape index (κ3) is 4.17. The highest BCUT2D eigenvalue weighted by Crippen LogP contribution is 2.41. The van der Waals surface area contributed by atoms with E-state index >= 15 is 0 Å². The van der Waals surface area contributed by atoms with Crippen LogP contribution in [0.5, 0.6) is 5.75 Å². The van der Waals surface area contributed by atoms with Crippen LogP contribution in [0.25, 0.3) is 16.9 Å². The molecule has 0 radical (unpaired) electrons. The molecular formula is C22H18Cl2F3N3O2. The third-order valence-corrected chi connectivity index (χ3v) is 5.70. The predicted octanol–water partition coefficient (Wildman–Crippen LogP) is 6.02. The molecule has 1 aliphatic rings. The maximum absolute atomic E-state index is 13.3. The Hall–Kier alpha value is -2.71. The van der Waals surface area contributed by atoms with Crippen molar-refractivity contribution in [2.75, 3.05) is 13.2 Å². The Morgan fingerprint density at radius 2 is 1.75 bits per heavy atom. The summed E-state index contributed by atoms with van der Waals surface area (Å²) in [5.74, 6) is -0.782. The fourth-order valence-electron chi connectivity index (χ4n) is 3.53. The number of para-hydroxylation sites is 1. The molecule has 4 rings (SSSR count). The Balaban J connectivity index is 1.96. The Kier molecular flexibility index (Phi) is 5.63. The van der Waals surface area contributed by atoms with Crippen molar-refractivity contribution in [3.05, 3.63) is 64.3 Å². The standard InChI is InChI=1S/C22H18Cl2F3N3O2/c1-21(2)12-32-19-17(20(31)29(21)11-22(25,26)27)28-30(16-6-4-3-5-15(16)24)18(19)13-7-9-14(23)10-8-13/h3-10H,11-12H2,1-2H3. The second kappa shape index (κ2) is 8.01. The van der Waals surface area contributed by atoms with E-state index in [9.17, 15) is 18.0 Å². The average Bonchev–Trinajstić information content (AvgIpc) is 3.06. The molecule has 0 bridgehead atoms. The lowest BCUT2D eigenvalue weighted by Crippen LogP contribution is -2.53. The highest BCUT2D eigenvalue weighted by atomic mass is 35.5. The molecule has 10 heteroatoms. The van der Waals surface area contributed by atoms with Crippen LogP contribution in [0.15, 0.2) is 48.5 Å². The molecule has 1 aromatic heterocycles. The van der Waals surface area contributed by atoms with Crippen molar-refractivity contribution >= 4 is 29.1 Å². The summed E-state index contributed by atoms with van der Waals surface area (Å²) in [6.45, 7) is 1.46. The molecule has 0 spiro atoms. The van der Waals surface area contributed by atoms with Gasteiger partial charge in [0.1, 0.15) is 18.8 Å². The first kappa shape index (κ1) is 22.5. The number of carbonyl (C=O) groups excluding carboxylic acids is 1. The number of hydrogen-bond acceptors (Lipinski definition) is 3. The van der Waals surface area contributed by atoms with Gasteiger partial charge in [0.15, 0.2) is 11.4 Å². The van der Waals surface area contributed by atoms with Crippen molar-refractivity contribution in [2.45, 2.75) is 25.6 Å². The van der Waals surface area contributed by atoms with Crippen LogP contribution in [0.3, 0.4) is 0 Å². The number of nitrogens with zero attached hydrogens (tertiary/aromatic N) is 3. The van der Waals surface area contributed by atoms with Gasteiger partial charge in [-0.3, -0.25) is 4.79 Å². The van der Waals surface area contributed by atoms with E-state index in [1.165, 1.54) is 18.5 Å². The highest BCUT2D eigenvalue weighted by molar-refractivity contribution is 6.32. The van der Waals surface area contributed by atoms with Crippen molar-refractivity contribution in [1.29, 1.82) is 0 Å². The minimum Gasteiger partial charge on any atom is -0.486 e. The molecule has 3 aromatic rings. The van der Waals surface area contributed by atoms with Crippen LogP contribution in [-0.4, -0.2) is 45.5 Å². The Morgan fingerprint density at radius 3 is 2.38 bits per heavy atom. The van der Waals surface area contributed by atoms with Crippen molar-refractivity contribution in [1.82, 2.24) is 14.7 Å². The van der Waals surface area contributed by atoms with Crippen molar-refractivity contribution in [3.63, 3.8) is 0 Å². The zero-order valence-electron chi connectivity index (χ0n) is 17.1. The van der Waals surface area contributed by atoms with E-state index in [4.69, 9.17) is 27.9 Å². The molecule has 0 atom stereocenters. The number of aromatic nitrogens is 2. The molecule has 1 aliphatic heterocycles. The number of benzene rings is 2. The normalized spacial score (nSPS) is 15.8. The summed E-state index contributed by atoms with van der Waals surface area (Å²) in [5, 5.41) is 5.23. The topological polar surface area (TPSA) is 47.4 Å². The van der Waals surface area contributed by atoms with Gasteiger partial charge < -0.3 is 9.64 Å². The second-order valence-electron chi connectivity index (χ2n) is 8.00. The van der Waals surface area contributed by atoms with Crippen LogP contribution < -0.4 is 4.74 Å². The molecule has 0 saturated carbocycles. The van der Waals surface area contributed by atoms with Crippen LogP contribution in [0.1, 0.15) is 24.3 Å². The lowest BCUT2D eigenvalue weighted by molar-refractivity contribution is -0.150. The minimum absolute atomic E-state index is 0.0926. The van der Waals surface area contributed by atoms with Gasteiger partial charge >= 0.3 is 6.18 Å². The molecule has 32 heavy (non-hydrogen) atoms. The first-order valence-corrected chi connectivity index (χ1v) is 10.4. The van der Waals surface area contributed by atoms with Gasteiger partial charge in [-0.05, 0) is 38.1 Å². The van der Waals surface area contributed by atoms with Crippen molar-refractivity contribution < 1.29 is 22.7 Å². The number of alkyl halides is 3. The Morgan fingerprint density at radius 1 is 1.09 bits per heavy atom. The van der Waals surface area contributed by atoms with E-state index in [2.05, 4.69) is 5.10 Å². The minimum atomic E-state index is -4.58. The predicted molar refractivity (Wildman–Crippen MR) is 116 cm³/mol. The number of carbonyl (C=O) groups is 1. The second-order valence-corrected chi connectivity index (χ2v) is 8.85. The number of fused-ring (bicyclic) bond motifs is 1. The highest BCUT2D eigenvalue weighted by Gasteiger charge is 2.45. The first-order chi connectivity index (χ1) is 15.0. The third-order valence-electron chi connectivity index (χ3n) is 5.13. The van der Waals surface area contributed by atoms with E-state index in [-0.39, 0.29) is 18.1 Å². The Bertz CT molecular complexity index is 1170. The smallest absolute Gasteiger partial charge is 0.406 e. The molecule has 0 N–H and O–H groups in total. The maximum atomic E-state index is 13.3. The van der Waals surface area contributed by atoms with E-state index < -0.39 is 24.2 Å². The van der Waals surface area contributed by atoms with Gasteiger partial charge in [-0.1, -0.05) is 47.5 Å². The molecule has 2 heterocycles. The lowest BCUT2D eigenvalue weighted by Gasteiger charge is -2.36. The zero-order valence-corrected chi connectivity index (χ0v) is 18.6. The fraction of sp³-hybridized carbons (Fsp3) is 0.273. The number of halogens is 5. The lowest BCUT2D eigenvalue weighted by atomic mass is 10.0. The summed E-state index contributed by atoms with van der Waals surface area (Å²) in [7, 11) is 0. The molecule has 0 unspecified atom stereocenters. The molecule has 0 fully saturated rings. The van der Waals surface area contributed by atoms with Crippen molar-refractivity contribution in [2.24, 2.45) is 0 Å². The van der Waals surface area contributed by atoms with E-state index in [1.54, 1.807) is 48.5 Å². The summed E-state index contributed by atoms with van der Waals surface area (Å²) < 4.78 is 47.2. The monoisotopic (exact) mass is 483 g/mol. The van der Waals surface area contributed by atoms with Crippen LogP contribution in [0, 0.1) is 0 Å². The molecule has 0 aliphatic carbocycles. The molecule has 2 aromatic carbocycles. The quantitative estimate of drug-likeness (QED) is 0.457. The summed E-state index contributed by atoms with van der Waals surface area (Å²) in [4.78, 5) is 14.1. The summed E-state index contributed by atoms with van der Waals surface area (Å²) >= 11 is 12.4. The van der Waals surface area contributed by atoms with Gasteiger partial charge in [0.05, 0.1) is 16.2 Å². The number of ether oxygens (including phenoxy) is 1. The molecule has 0 saturated heterocycles. The van der Waals surface area contributed by atoms with Crippen LogP contribution in [0.2, 0.25) is 10.0 Å². The van der Waals surface area contributed by atoms with E-state index in [1.807, 2.05) is 0 Å². The van der Waals surface area contributed by atoms with E-state index in [0.29, 0.717) is 27.0 Å². The van der Waals surface area contributed by atoms with Gasteiger partial charge in [-0.15, -0.1) is 0 Å². The summed E-state index contributed by atoms with van der Waals surface area (Å²) in [5.41, 5.74) is 0.0166. The van der Waals surface area contributed by atoms with Gasteiger partial charge in [-0.2, -0.15) is 18.3 Å². The molecular weight excluding hydrogens is 466 g/mol. The first-order valence-electron chi connectivity index (χ1n) is 9.63. The Labute approximate surface area is 192 Å². The molecule has 1 amide bonds. The molecule has 168 valence electrons. The summed E-state index contributed by atoms with van der Waals surface area (Å²) in [6, 6.07) is 13.6. The van der Waals surface area contributed by atoms with Gasteiger partial charge in [-0.25, -0.2) is 4.68 Å². The number of rotatable bonds is 3. The largest absolute Gasteiger partial charge is 0.486 e. The van der Waals surface area contributed by atoms with Crippen molar-refractivity contribution in [3.8, 4) is 22.7 Å². The maximum Gasteiger partial charge on any atom is 0.406 e. The number of hydrogen-bond donors (Lipinski definition) is 0. The van der Waals surface area contributed by atoms with Crippen LogP contribution in [-0.2, 0) is 0 Å². The number of amides is 1. The summed E-state index contributed by atoms with van der Waals surface area (Å²) in [6.07, 6.45) is -4.58. The zero-order chi connectivity index (χ0) is 23.3. The van der Waals surface area contributed by atoms with Gasteiger partial charge in [0.25, 0.3) is 5.91 Å². The van der Waals surface area contributed by atoms with E-state index in [0.717, 1.165) is 4.90 Å². The molecule has 5 nitrogen and oxygen atoms in total.